The number of nitrogens with one attached hydrogen (secondary N) is 1. The lowest BCUT2D eigenvalue weighted by Gasteiger charge is -2.10. The van der Waals surface area contributed by atoms with E-state index in [0.29, 0.717) is 4.57 Å². The molecule has 9 heteroatoms. The maximum atomic E-state index is 13.3. The molecule has 0 radical (unpaired) electrons. The molecule has 2 rings (SSSR count). The SMILES string of the molecule is Cc1cc([N+](=O)[O-])ccc1-n1c(O)c(F)c(=O)[nH]c1=O. The molecule has 8 nitrogen and oxygen atoms in total. The second kappa shape index (κ2) is 4.61. The standard InChI is InChI=1S/C11H8FN3O5/c1-5-4-6(15(19)20)2-3-7(5)14-10(17)8(12)9(16)13-11(14)18/h2-4,17H,1H3,(H,13,16,18). The van der Waals surface area contributed by atoms with Crippen molar-refractivity contribution in [3.63, 3.8) is 0 Å². The highest BCUT2D eigenvalue weighted by molar-refractivity contribution is 5.49. The number of rotatable bonds is 2. The monoisotopic (exact) mass is 281 g/mol. The van der Waals surface area contributed by atoms with E-state index in [-0.39, 0.29) is 16.9 Å². The first-order chi connectivity index (χ1) is 9.32. The van der Waals surface area contributed by atoms with Crippen LogP contribution in [0.25, 0.3) is 5.69 Å². The first kappa shape index (κ1) is 13.5. The summed E-state index contributed by atoms with van der Waals surface area (Å²) in [6.45, 7) is 1.44. The van der Waals surface area contributed by atoms with Crippen LogP contribution in [0.4, 0.5) is 10.1 Å². The second-order valence-corrected chi connectivity index (χ2v) is 3.96. The van der Waals surface area contributed by atoms with Gasteiger partial charge in [-0.25, -0.2) is 9.36 Å². The number of hydrogen-bond donors (Lipinski definition) is 2. The Hall–Kier alpha value is -2.97. The summed E-state index contributed by atoms with van der Waals surface area (Å²) in [5.74, 6) is -2.67. The van der Waals surface area contributed by atoms with E-state index in [0.717, 1.165) is 12.1 Å². The largest absolute Gasteiger partial charge is 0.492 e. The van der Waals surface area contributed by atoms with Crippen molar-refractivity contribution in [2.24, 2.45) is 0 Å². The van der Waals surface area contributed by atoms with Crippen molar-refractivity contribution in [2.75, 3.05) is 0 Å². The van der Waals surface area contributed by atoms with Gasteiger partial charge in [-0.3, -0.25) is 19.9 Å². The summed E-state index contributed by atoms with van der Waals surface area (Å²) in [4.78, 5) is 34.3. The minimum absolute atomic E-state index is 0.0215. The lowest BCUT2D eigenvalue weighted by atomic mass is 10.1. The molecule has 1 heterocycles. The predicted octanol–water partition coefficient (Wildman–Crippen LogP) is 0.587. The van der Waals surface area contributed by atoms with Crippen LogP contribution in [0.1, 0.15) is 5.56 Å². The third-order valence-electron chi connectivity index (χ3n) is 2.66. The normalized spacial score (nSPS) is 10.5. The van der Waals surface area contributed by atoms with Crippen molar-refractivity contribution in [3.05, 3.63) is 60.5 Å². The van der Waals surface area contributed by atoms with Crippen LogP contribution < -0.4 is 11.2 Å². The highest BCUT2D eigenvalue weighted by atomic mass is 19.1. The lowest BCUT2D eigenvalue weighted by molar-refractivity contribution is -0.384. The van der Waals surface area contributed by atoms with E-state index in [9.17, 15) is 29.2 Å². The fourth-order valence-corrected chi connectivity index (χ4v) is 1.73. The molecule has 1 aromatic carbocycles. The second-order valence-electron chi connectivity index (χ2n) is 3.96. The molecule has 2 aromatic rings. The van der Waals surface area contributed by atoms with Crippen molar-refractivity contribution in [2.45, 2.75) is 6.92 Å². The molecule has 0 amide bonds. The number of benzene rings is 1. The summed E-state index contributed by atoms with van der Waals surface area (Å²) >= 11 is 0. The van der Waals surface area contributed by atoms with Crippen LogP contribution in [-0.2, 0) is 0 Å². The zero-order valence-corrected chi connectivity index (χ0v) is 10.1. The highest BCUT2D eigenvalue weighted by Crippen LogP contribution is 2.22. The average molecular weight is 281 g/mol. The van der Waals surface area contributed by atoms with Gasteiger partial charge in [0.25, 0.3) is 11.2 Å². The summed E-state index contributed by atoms with van der Waals surface area (Å²) in [6.07, 6.45) is 0. The smallest absolute Gasteiger partial charge is 0.335 e. The van der Waals surface area contributed by atoms with Crippen molar-refractivity contribution in [3.8, 4) is 11.6 Å². The van der Waals surface area contributed by atoms with E-state index in [4.69, 9.17) is 0 Å². The fraction of sp³-hybridized carbons (Fsp3) is 0.0909. The molecule has 1 aromatic heterocycles. The van der Waals surface area contributed by atoms with Crippen LogP contribution in [0, 0.1) is 22.9 Å². The Morgan fingerprint density at radius 3 is 2.60 bits per heavy atom. The lowest BCUT2D eigenvalue weighted by Crippen LogP contribution is -2.31. The summed E-state index contributed by atoms with van der Waals surface area (Å²) in [7, 11) is 0. The van der Waals surface area contributed by atoms with E-state index in [1.807, 2.05) is 0 Å². The minimum Gasteiger partial charge on any atom is -0.492 e. The fourth-order valence-electron chi connectivity index (χ4n) is 1.73. The number of nitrogens with zero attached hydrogens (tertiary/aromatic N) is 2. The third-order valence-corrected chi connectivity index (χ3v) is 2.66. The molecule has 20 heavy (non-hydrogen) atoms. The summed E-state index contributed by atoms with van der Waals surface area (Å²) in [6, 6.07) is 3.42. The van der Waals surface area contributed by atoms with Gasteiger partial charge in [0, 0.05) is 12.1 Å². The first-order valence-corrected chi connectivity index (χ1v) is 5.32. The molecule has 0 saturated heterocycles. The Labute approximate surface area is 109 Å². The van der Waals surface area contributed by atoms with Crippen molar-refractivity contribution < 1.29 is 14.4 Å². The van der Waals surface area contributed by atoms with Gasteiger partial charge >= 0.3 is 5.69 Å². The zero-order chi connectivity index (χ0) is 15.0. The van der Waals surface area contributed by atoms with E-state index in [1.54, 1.807) is 4.98 Å². The van der Waals surface area contributed by atoms with E-state index in [2.05, 4.69) is 0 Å². The van der Waals surface area contributed by atoms with E-state index in [1.165, 1.54) is 13.0 Å². The molecule has 0 saturated carbocycles. The van der Waals surface area contributed by atoms with Crippen molar-refractivity contribution >= 4 is 5.69 Å². The van der Waals surface area contributed by atoms with Crippen LogP contribution in [0.2, 0.25) is 0 Å². The summed E-state index contributed by atoms with van der Waals surface area (Å²) in [5, 5.41) is 20.2. The van der Waals surface area contributed by atoms with Crippen LogP contribution in [0.5, 0.6) is 5.88 Å². The van der Waals surface area contributed by atoms with Gasteiger partial charge < -0.3 is 5.11 Å². The molecular formula is C11H8FN3O5. The minimum atomic E-state index is -1.51. The Balaban J connectivity index is 2.76. The Kier molecular flexibility index (Phi) is 3.10. The first-order valence-electron chi connectivity index (χ1n) is 5.32. The number of halogens is 1. The third kappa shape index (κ3) is 2.05. The van der Waals surface area contributed by atoms with Gasteiger partial charge in [0.05, 0.1) is 10.6 Å². The molecule has 2 N–H and O–H groups in total. The maximum Gasteiger partial charge on any atom is 0.335 e. The van der Waals surface area contributed by atoms with Crippen LogP contribution in [-0.4, -0.2) is 19.6 Å². The summed E-state index contributed by atoms with van der Waals surface area (Å²) in [5.41, 5.74) is -2.34. The molecule has 0 fully saturated rings. The molecule has 0 spiro atoms. The van der Waals surface area contributed by atoms with E-state index >= 15 is 0 Å². The van der Waals surface area contributed by atoms with Gasteiger partial charge in [-0.2, -0.15) is 4.39 Å². The molecule has 104 valence electrons. The van der Waals surface area contributed by atoms with Gasteiger partial charge in [0.2, 0.25) is 11.7 Å². The van der Waals surface area contributed by atoms with Gasteiger partial charge in [-0.1, -0.05) is 0 Å². The molecule has 0 atom stereocenters. The van der Waals surface area contributed by atoms with E-state index < -0.39 is 27.9 Å². The Bertz CT molecular complexity index is 824. The number of aromatic amines is 1. The van der Waals surface area contributed by atoms with Gasteiger partial charge in [0.15, 0.2) is 0 Å². The molecule has 0 aliphatic heterocycles. The number of nitro benzene ring substituents is 1. The number of H-pyrrole nitrogens is 1. The van der Waals surface area contributed by atoms with Gasteiger partial charge in [-0.05, 0) is 18.6 Å². The Morgan fingerprint density at radius 1 is 1.40 bits per heavy atom. The van der Waals surface area contributed by atoms with Gasteiger partial charge in [-0.15, -0.1) is 0 Å². The molecule has 0 bridgehead atoms. The van der Waals surface area contributed by atoms with Gasteiger partial charge in [0.1, 0.15) is 0 Å². The topological polar surface area (TPSA) is 118 Å². The predicted molar refractivity (Wildman–Crippen MR) is 65.7 cm³/mol. The Morgan fingerprint density at radius 2 is 2.05 bits per heavy atom. The van der Waals surface area contributed by atoms with Crippen molar-refractivity contribution in [1.29, 1.82) is 0 Å². The molecule has 0 unspecified atom stereocenters. The van der Waals surface area contributed by atoms with Crippen LogP contribution in [0.15, 0.2) is 27.8 Å². The molecular weight excluding hydrogens is 273 g/mol. The van der Waals surface area contributed by atoms with Crippen molar-refractivity contribution in [1.82, 2.24) is 9.55 Å². The number of nitro groups is 1. The molecule has 0 aliphatic carbocycles. The highest BCUT2D eigenvalue weighted by Gasteiger charge is 2.17. The average Bonchev–Trinajstić information content (AvgIpc) is 2.37. The quantitative estimate of drug-likeness (QED) is 0.616. The number of aromatic hydroxyl groups is 1. The number of hydrogen-bond acceptors (Lipinski definition) is 5. The maximum absolute atomic E-state index is 13.3. The molecule has 0 aliphatic rings. The summed E-state index contributed by atoms with van der Waals surface area (Å²) < 4.78 is 13.9. The zero-order valence-electron chi connectivity index (χ0n) is 10.1. The number of aromatic nitrogens is 2. The van der Waals surface area contributed by atoms with Crippen LogP contribution >= 0.6 is 0 Å². The number of non-ortho nitro benzene ring substituents is 1. The van der Waals surface area contributed by atoms with Crippen LogP contribution in [0.3, 0.4) is 0 Å². The number of aryl methyl sites for hydroxylation is 1.